The molecule has 4 rings (SSSR count). The second kappa shape index (κ2) is 5.38. The lowest BCUT2D eigenvalue weighted by atomic mass is 10.2. The molecule has 3 aromatic rings. The number of hydrogen-bond acceptors (Lipinski definition) is 7. The fraction of sp³-hybridized carbons (Fsp3) is 0.308. The highest BCUT2D eigenvalue weighted by Crippen LogP contribution is 2.36. The van der Waals surface area contributed by atoms with E-state index in [0.717, 1.165) is 22.6 Å². The molecule has 0 saturated carbocycles. The maximum absolute atomic E-state index is 12.8. The Hall–Kier alpha value is -1.75. The van der Waals surface area contributed by atoms with E-state index in [9.17, 15) is 8.42 Å². The minimum atomic E-state index is -3.61. The van der Waals surface area contributed by atoms with Crippen LogP contribution in [-0.4, -0.2) is 32.6 Å². The minimum Gasteiger partial charge on any atom is -0.332 e. The molecule has 3 aromatic heterocycles. The van der Waals surface area contributed by atoms with Gasteiger partial charge in [-0.2, -0.15) is 14.4 Å². The molecule has 0 aromatic carbocycles. The summed E-state index contributed by atoms with van der Waals surface area (Å²) in [4.78, 5) is 4.18. The van der Waals surface area contributed by atoms with Crippen LogP contribution < -0.4 is 0 Å². The average Bonchev–Trinajstić information content (AvgIpc) is 3.25. The Morgan fingerprint density at radius 1 is 1.33 bits per heavy atom. The number of rotatable bonds is 3. The van der Waals surface area contributed by atoms with Gasteiger partial charge in [0.15, 0.2) is 11.5 Å². The topological polar surface area (TPSA) is 94.1 Å². The molecule has 0 saturated heterocycles. The molecule has 1 aliphatic heterocycles. The highest BCUT2D eigenvalue weighted by atomic mass is 35.5. The number of thiophene rings is 1. The van der Waals surface area contributed by atoms with Gasteiger partial charge in [-0.1, -0.05) is 16.8 Å². The molecule has 1 aliphatic rings. The Balaban J connectivity index is 1.72. The van der Waals surface area contributed by atoms with Gasteiger partial charge in [0.25, 0.3) is 15.9 Å². The second-order valence-corrected chi connectivity index (χ2v) is 9.26. The van der Waals surface area contributed by atoms with Gasteiger partial charge in [0.1, 0.15) is 4.21 Å². The fourth-order valence-electron chi connectivity index (χ4n) is 2.66. The second-order valence-electron chi connectivity index (χ2n) is 5.38. The van der Waals surface area contributed by atoms with Crippen LogP contribution in [0, 0.1) is 6.92 Å². The van der Waals surface area contributed by atoms with E-state index in [-0.39, 0.29) is 17.3 Å². The summed E-state index contributed by atoms with van der Waals surface area (Å²) in [5, 5.41) is 8.16. The van der Waals surface area contributed by atoms with Crippen LogP contribution in [0.25, 0.3) is 11.6 Å². The number of sulfonamides is 1. The van der Waals surface area contributed by atoms with Crippen LogP contribution in [0.5, 0.6) is 0 Å². The molecule has 126 valence electrons. The molecule has 0 atom stereocenters. The molecule has 0 spiro atoms. The Labute approximate surface area is 146 Å². The summed E-state index contributed by atoms with van der Waals surface area (Å²) in [5.74, 6) is 0.794. The lowest BCUT2D eigenvalue weighted by Gasteiger charge is -2.14. The van der Waals surface area contributed by atoms with Crippen LogP contribution in [0.15, 0.2) is 20.9 Å². The van der Waals surface area contributed by atoms with Crippen molar-refractivity contribution in [3.63, 3.8) is 0 Å². The fourth-order valence-corrected chi connectivity index (χ4v) is 5.67. The smallest absolute Gasteiger partial charge is 0.278 e. The standard InChI is InChI=1S/C13H12ClN5O3S2/c1-7-15-13(22-17-7)12-8-5-19(6-9(8)18(2)16-12)24(20,21)11-4-3-10(14)23-11/h3-4H,5-6H2,1-2H3. The predicted molar refractivity (Wildman–Crippen MR) is 87.0 cm³/mol. The summed E-state index contributed by atoms with van der Waals surface area (Å²) in [6.45, 7) is 2.16. The normalized spacial score (nSPS) is 15.1. The van der Waals surface area contributed by atoms with Crippen molar-refractivity contribution in [2.45, 2.75) is 24.2 Å². The first kappa shape index (κ1) is 15.8. The molecule has 4 heterocycles. The molecule has 24 heavy (non-hydrogen) atoms. The largest absolute Gasteiger partial charge is 0.332 e. The van der Waals surface area contributed by atoms with Gasteiger partial charge in [-0.25, -0.2) is 8.42 Å². The summed E-state index contributed by atoms with van der Waals surface area (Å²) < 4.78 is 34.4. The SMILES string of the molecule is Cc1noc(-c2nn(C)c3c2CN(S(=O)(=O)c2ccc(Cl)s2)C3)n1. The maximum Gasteiger partial charge on any atom is 0.278 e. The number of halogens is 1. The van der Waals surface area contributed by atoms with Crippen molar-refractivity contribution >= 4 is 33.0 Å². The van der Waals surface area contributed by atoms with Crippen LogP contribution >= 0.6 is 22.9 Å². The van der Waals surface area contributed by atoms with E-state index in [1.165, 1.54) is 10.4 Å². The van der Waals surface area contributed by atoms with Gasteiger partial charge in [0.2, 0.25) is 0 Å². The third-order valence-corrected chi connectivity index (χ3v) is 7.30. The van der Waals surface area contributed by atoms with Crippen molar-refractivity contribution in [3.8, 4) is 11.6 Å². The van der Waals surface area contributed by atoms with E-state index >= 15 is 0 Å². The van der Waals surface area contributed by atoms with E-state index in [2.05, 4.69) is 15.2 Å². The van der Waals surface area contributed by atoms with Crippen LogP contribution in [0.1, 0.15) is 17.1 Å². The summed E-state index contributed by atoms with van der Waals surface area (Å²) >= 11 is 6.91. The Morgan fingerprint density at radius 3 is 2.75 bits per heavy atom. The van der Waals surface area contributed by atoms with Crippen LogP contribution in [0.2, 0.25) is 4.34 Å². The van der Waals surface area contributed by atoms with E-state index in [4.69, 9.17) is 16.1 Å². The Bertz CT molecular complexity index is 1040. The molecular formula is C13H12ClN5O3S2. The number of fused-ring (bicyclic) bond motifs is 1. The summed E-state index contributed by atoms with van der Waals surface area (Å²) in [5.41, 5.74) is 2.12. The van der Waals surface area contributed by atoms with E-state index in [0.29, 0.717) is 21.7 Å². The van der Waals surface area contributed by atoms with Crippen molar-refractivity contribution < 1.29 is 12.9 Å². The number of aromatic nitrogens is 4. The molecule has 0 radical (unpaired) electrons. The van der Waals surface area contributed by atoms with Crippen molar-refractivity contribution in [1.29, 1.82) is 0 Å². The van der Waals surface area contributed by atoms with Crippen molar-refractivity contribution in [3.05, 3.63) is 33.6 Å². The van der Waals surface area contributed by atoms with Gasteiger partial charge in [0, 0.05) is 19.2 Å². The predicted octanol–water partition coefficient (Wildman–Crippen LogP) is 2.20. The third kappa shape index (κ3) is 2.37. The highest BCUT2D eigenvalue weighted by Gasteiger charge is 2.37. The molecule has 11 heteroatoms. The minimum absolute atomic E-state index is 0.206. The zero-order valence-corrected chi connectivity index (χ0v) is 15.1. The number of aryl methyl sites for hydroxylation is 2. The molecule has 0 aliphatic carbocycles. The first-order valence-corrected chi connectivity index (χ1v) is 9.60. The van der Waals surface area contributed by atoms with E-state index < -0.39 is 10.0 Å². The van der Waals surface area contributed by atoms with E-state index in [1.807, 2.05) is 0 Å². The zero-order chi connectivity index (χ0) is 17.1. The maximum atomic E-state index is 12.8. The van der Waals surface area contributed by atoms with Crippen molar-refractivity contribution in [1.82, 2.24) is 24.2 Å². The lowest BCUT2D eigenvalue weighted by molar-refractivity contribution is 0.414. The monoisotopic (exact) mass is 385 g/mol. The van der Waals surface area contributed by atoms with Crippen LogP contribution in [-0.2, 0) is 30.2 Å². The van der Waals surface area contributed by atoms with Gasteiger partial charge in [0.05, 0.1) is 16.6 Å². The van der Waals surface area contributed by atoms with Crippen LogP contribution in [0.3, 0.4) is 0 Å². The molecule has 0 N–H and O–H groups in total. The highest BCUT2D eigenvalue weighted by molar-refractivity contribution is 7.91. The molecule has 8 nitrogen and oxygen atoms in total. The van der Waals surface area contributed by atoms with Gasteiger partial charge in [-0.3, -0.25) is 4.68 Å². The van der Waals surface area contributed by atoms with Gasteiger partial charge in [-0.05, 0) is 19.1 Å². The first-order valence-electron chi connectivity index (χ1n) is 6.97. The van der Waals surface area contributed by atoms with Crippen LogP contribution in [0.4, 0.5) is 0 Å². The molecule has 0 amide bonds. The molecule has 0 bridgehead atoms. The Morgan fingerprint density at radius 2 is 2.12 bits per heavy atom. The van der Waals surface area contributed by atoms with Gasteiger partial charge < -0.3 is 4.52 Å². The number of hydrogen-bond donors (Lipinski definition) is 0. The third-order valence-electron chi connectivity index (χ3n) is 3.81. The zero-order valence-electron chi connectivity index (χ0n) is 12.7. The Kier molecular flexibility index (Phi) is 3.53. The summed E-state index contributed by atoms with van der Waals surface area (Å²) in [6, 6.07) is 3.10. The molecule has 0 unspecified atom stereocenters. The van der Waals surface area contributed by atoms with Crippen molar-refractivity contribution in [2.24, 2.45) is 7.05 Å². The van der Waals surface area contributed by atoms with Gasteiger partial charge >= 0.3 is 0 Å². The molecule has 0 fully saturated rings. The summed E-state index contributed by atoms with van der Waals surface area (Å²) in [7, 11) is -1.84. The average molecular weight is 386 g/mol. The lowest BCUT2D eigenvalue weighted by Crippen LogP contribution is -2.25. The van der Waals surface area contributed by atoms with Crippen molar-refractivity contribution in [2.75, 3.05) is 0 Å². The van der Waals surface area contributed by atoms with E-state index in [1.54, 1.807) is 24.7 Å². The van der Waals surface area contributed by atoms with Gasteiger partial charge in [-0.15, -0.1) is 11.3 Å². The first-order chi connectivity index (χ1) is 11.4. The molecular weight excluding hydrogens is 374 g/mol. The number of nitrogens with zero attached hydrogens (tertiary/aromatic N) is 5. The quantitative estimate of drug-likeness (QED) is 0.686. The summed E-state index contributed by atoms with van der Waals surface area (Å²) in [6.07, 6.45) is 0.